The number of nitrogens with two attached hydrogens (primary N) is 1. The first-order chi connectivity index (χ1) is 23.7. The van der Waals surface area contributed by atoms with E-state index in [1.54, 1.807) is 24.3 Å². The van der Waals surface area contributed by atoms with Crippen molar-refractivity contribution in [3.05, 3.63) is 93.9 Å². The van der Waals surface area contributed by atoms with Crippen LogP contribution in [0.15, 0.2) is 82.8 Å². The number of ketones is 2. The number of carbonyl (C=O) groups is 3. The van der Waals surface area contributed by atoms with Gasteiger partial charge in [0.15, 0.2) is 11.4 Å². The Morgan fingerprint density at radius 2 is 1.98 bits per heavy atom. The molecule has 1 aromatic rings. The fourth-order valence-corrected chi connectivity index (χ4v) is 8.21. The third-order valence-corrected chi connectivity index (χ3v) is 11.0. The predicted octanol–water partition coefficient (Wildman–Crippen LogP) is 3.96. The molecule has 2 heterocycles. The van der Waals surface area contributed by atoms with Crippen molar-refractivity contribution in [2.24, 2.45) is 17.6 Å². The van der Waals surface area contributed by atoms with Crippen molar-refractivity contribution in [2.45, 2.75) is 88.6 Å². The Kier molecular flexibility index (Phi) is 10.4. The van der Waals surface area contributed by atoms with Gasteiger partial charge in [-0.05, 0) is 87.1 Å². The zero-order chi connectivity index (χ0) is 34.8. The molecule has 49 heavy (non-hydrogen) atoms. The number of nitrogens with one attached hydrogen (secondary N) is 2. The molecule has 0 amide bonds. The number of hydrogen-bond donors (Lipinski definition) is 5. The van der Waals surface area contributed by atoms with Gasteiger partial charge in [0.05, 0.1) is 12.4 Å². The highest BCUT2D eigenvalue weighted by Crippen LogP contribution is 2.60. The topological polar surface area (TPSA) is 164 Å². The van der Waals surface area contributed by atoms with Gasteiger partial charge >= 0.3 is 5.97 Å². The van der Waals surface area contributed by atoms with Crippen LogP contribution in [0.25, 0.3) is 0 Å². The summed E-state index contributed by atoms with van der Waals surface area (Å²) in [6, 6.07) is 6.40. The smallest absolute Gasteiger partial charge is 0.350 e. The summed E-state index contributed by atoms with van der Waals surface area (Å²) in [5.74, 6) is -1.14. The largest absolute Gasteiger partial charge is 0.459 e. The van der Waals surface area contributed by atoms with E-state index in [4.69, 9.17) is 15.2 Å². The lowest BCUT2D eigenvalue weighted by atomic mass is 9.70. The molecular formula is C39H49N3O7. The van der Waals surface area contributed by atoms with Gasteiger partial charge in [-0.2, -0.15) is 0 Å². The number of hydrogen-bond acceptors (Lipinski definition) is 10. The number of carbonyl (C=O) groups excluding carboxylic acids is 3. The molecule has 2 aliphatic heterocycles. The second-order valence-corrected chi connectivity index (χ2v) is 13.9. The molecular weight excluding hydrogens is 622 g/mol. The number of rotatable bonds is 14. The quantitative estimate of drug-likeness (QED) is 0.0847. The number of ether oxygens (including phenoxy) is 2. The zero-order valence-electron chi connectivity index (χ0n) is 28.5. The van der Waals surface area contributed by atoms with Crippen LogP contribution in [0.1, 0.15) is 85.9 Å². The number of aliphatic hydroxyl groups excluding tert-OH is 2. The molecule has 10 nitrogen and oxygen atoms in total. The van der Waals surface area contributed by atoms with Crippen LogP contribution < -0.4 is 16.4 Å². The van der Waals surface area contributed by atoms with E-state index < -0.39 is 34.8 Å². The van der Waals surface area contributed by atoms with Crippen LogP contribution in [0.5, 0.6) is 0 Å². The second kappa shape index (κ2) is 14.6. The van der Waals surface area contributed by atoms with Gasteiger partial charge in [-0.1, -0.05) is 61.1 Å². The molecule has 0 aromatic heterocycles. The molecule has 3 aliphatic carbocycles. The fourth-order valence-electron chi connectivity index (χ4n) is 8.21. The predicted molar refractivity (Wildman–Crippen MR) is 185 cm³/mol. The first-order valence-corrected chi connectivity index (χ1v) is 17.7. The van der Waals surface area contributed by atoms with Crippen LogP contribution in [0.2, 0.25) is 0 Å². The molecule has 5 aliphatic rings. The third-order valence-electron chi connectivity index (χ3n) is 11.0. The first-order valence-electron chi connectivity index (χ1n) is 17.7. The summed E-state index contributed by atoms with van der Waals surface area (Å²) in [7, 11) is 0. The minimum absolute atomic E-state index is 0.0734. The van der Waals surface area contributed by atoms with Crippen LogP contribution >= 0.6 is 0 Å². The van der Waals surface area contributed by atoms with Gasteiger partial charge in [0.25, 0.3) is 5.60 Å². The van der Waals surface area contributed by atoms with Crippen LogP contribution in [0.4, 0.5) is 0 Å². The van der Waals surface area contributed by atoms with Gasteiger partial charge in [0.2, 0.25) is 5.78 Å². The molecule has 6 N–H and O–H groups in total. The summed E-state index contributed by atoms with van der Waals surface area (Å²) < 4.78 is 12.6. The Morgan fingerprint density at radius 1 is 1.20 bits per heavy atom. The Labute approximate surface area is 288 Å². The average Bonchev–Trinajstić information content (AvgIpc) is 3.82. The minimum atomic E-state index is -2.16. The van der Waals surface area contributed by atoms with E-state index in [1.165, 1.54) is 5.57 Å². The molecule has 6 atom stereocenters. The lowest BCUT2D eigenvalue weighted by molar-refractivity contribution is -0.158. The highest BCUT2D eigenvalue weighted by molar-refractivity contribution is 6.33. The molecule has 1 aromatic carbocycles. The van der Waals surface area contributed by atoms with E-state index in [9.17, 15) is 24.6 Å². The monoisotopic (exact) mass is 671 g/mol. The number of aliphatic hydroxyl groups is 2. The second-order valence-electron chi connectivity index (χ2n) is 13.9. The molecule has 0 radical (unpaired) electrons. The fraction of sp³-hybridized carbons (Fsp3) is 0.513. The summed E-state index contributed by atoms with van der Waals surface area (Å²) in [6.07, 6.45) is 14.6. The van der Waals surface area contributed by atoms with E-state index >= 15 is 0 Å². The van der Waals surface area contributed by atoms with Gasteiger partial charge < -0.3 is 36.1 Å². The number of likely N-dealkylation sites (N-methyl/N-ethyl adjacent to an activating group) is 1. The highest BCUT2D eigenvalue weighted by atomic mass is 16.7. The van der Waals surface area contributed by atoms with E-state index in [-0.39, 0.29) is 42.7 Å². The van der Waals surface area contributed by atoms with Crippen molar-refractivity contribution in [3.8, 4) is 0 Å². The number of fused-ring (bicyclic) bond motifs is 3. The lowest BCUT2D eigenvalue weighted by Gasteiger charge is -2.40. The summed E-state index contributed by atoms with van der Waals surface area (Å²) in [6.45, 7) is 4.84. The van der Waals surface area contributed by atoms with Crippen molar-refractivity contribution in [2.75, 3.05) is 26.3 Å². The molecule has 0 saturated carbocycles. The van der Waals surface area contributed by atoms with Gasteiger partial charge in [0.1, 0.15) is 6.10 Å². The maximum Gasteiger partial charge on any atom is 0.350 e. The van der Waals surface area contributed by atoms with Gasteiger partial charge in [0, 0.05) is 42.7 Å². The van der Waals surface area contributed by atoms with E-state index in [0.717, 1.165) is 30.4 Å². The molecule has 6 rings (SSSR count). The van der Waals surface area contributed by atoms with Crippen LogP contribution in [0, 0.1) is 11.8 Å². The summed E-state index contributed by atoms with van der Waals surface area (Å²) in [4.78, 5) is 43.2. The molecule has 10 heteroatoms. The minimum Gasteiger partial charge on any atom is -0.459 e. The Bertz CT molecular complexity index is 1640. The van der Waals surface area contributed by atoms with Crippen molar-refractivity contribution in [1.82, 2.24) is 10.6 Å². The van der Waals surface area contributed by atoms with E-state index in [2.05, 4.69) is 28.9 Å². The number of epoxide rings is 1. The Morgan fingerprint density at radius 3 is 2.69 bits per heavy atom. The number of dihydropyridines is 1. The van der Waals surface area contributed by atoms with Crippen LogP contribution in [0.3, 0.4) is 0 Å². The maximum atomic E-state index is 14.6. The first kappa shape index (κ1) is 35.0. The van der Waals surface area contributed by atoms with E-state index in [0.29, 0.717) is 56.1 Å². The number of allylic oxidation sites excluding steroid dienone is 6. The molecule has 262 valence electrons. The van der Waals surface area contributed by atoms with Crippen LogP contribution in [-0.2, 0) is 14.3 Å². The van der Waals surface area contributed by atoms with E-state index in [1.807, 2.05) is 26.0 Å². The van der Waals surface area contributed by atoms with Gasteiger partial charge in [-0.25, -0.2) is 4.79 Å². The number of Topliss-reactive ketones (excluding diaryl/α,β-unsaturated/α-hetero) is 2. The normalized spacial score (nSPS) is 29.6. The summed E-state index contributed by atoms with van der Waals surface area (Å²) >= 11 is 0. The standard InChI is InChI=1S/C39H49N3O7/c1-3-41-32-21-27-10-5-4-9-26(27)20-31(32)33(13-8-18-43)48-37(47)39-36(46)30-12-7-6-11-29(30)35(45)38(39,49-39)22-28(23-44)24(2)14-15-25-16-17-42-34(40)19-25/h5-7,10-12,16,19,21,26,31-33,41-44H,3-4,8-9,13-15,17-18,20,22-23,40H2,1-2H3/b28-24-/t26-,31+,32+,33-,38-,39-/m0/s1. The molecule has 1 fully saturated rings. The third kappa shape index (κ3) is 6.47. The highest BCUT2D eigenvalue weighted by Gasteiger charge is 2.85. The van der Waals surface area contributed by atoms with Crippen molar-refractivity contribution < 1.29 is 34.1 Å². The molecule has 0 bridgehead atoms. The van der Waals surface area contributed by atoms with Crippen molar-refractivity contribution in [1.29, 1.82) is 0 Å². The average molecular weight is 672 g/mol. The molecule has 0 unspecified atom stereocenters. The number of benzene rings is 1. The summed E-state index contributed by atoms with van der Waals surface area (Å²) in [5.41, 5.74) is 6.00. The molecule has 0 spiro atoms. The van der Waals surface area contributed by atoms with Gasteiger partial charge in [-0.3, -0.25) is 9.59 Å². The number of esters is 1. The SMILES string of the molecule is CCN[C@@H]1C=C2C=CCC[C@H]2C[C@H]1[C@H](CCCO)OC(=O)[C@]12O[C@@]1(C/C(CO)=C(\C)CCC1=CCNC(N)=C1)C(=O)c1ccccc1C2=O. The lowest BCUT2D eigenvalue weighted by Crippen LogP contribution is -2.53. The summed E-state index contributed by atoms with van der Waals surface area (Å²) in [5, 5.41) is 27.0. The zero-order valence-corrected chi connectivity index (χ0v) is 28.5. The van der Waals surface area contributed by atoms with Crippen molar-refractivity contribution >= 4 is 17.5 Å². The molecule has 1 saturated heterocycles. The Hall–Kier alpha value is -3.83. The van der Waals surface area contributed by atoms with Crippen LogP contribution in [-0.4, -0.2) is 77.4 Å². The van der Waals surface area contributed by atoms with Crippen molar-refractivity contribution in [3.63, 3.8) is 0 Å². The maximum absolute atomic E-state index is 14.6. The van der Waals surface area contributed by atoms with Gasteiger partial charge in [-0.15, -0.1) is 0 Å². The Balaban J connectivity index is 1.32.